The first-order valence-electron chi connectivity index (χ1n) is 14.9. The van der Waals surface area contributed by atoms with Gasteiger partial charge in [0.05, 0.1) is 28.3 Å². The number of halogens is 1. The van der Waals surface area contributed by atoms with Crippen LogP contribution in [-0.4, -0.2) is 59.4 Å². The molecule has 0 unspecified atom stereocenters. The molecule has 2 N–H and O–H groups in total. The van der Waals surface area contributed by atoms with Crippen molar-refractivity contribution in [3.63, 3.8) is 0 Å². The van der Waals surface area contributed by atoms with Crippen LogP contribution in [0.15, 0.2) is 78.1 Å². The van der Waals surface area contributed by atoms with E-state index in [9.17, 15) is 14.4 Å². The predicted molar refractivity (Wildman–Crippen MR) is 167 cm³/mol. The number of carbonyl (C=O) groups excluding carboxylic acids is 2. The molecule has 1 saturated heterocycles. The second kappa shape index (κ2) is 11.8. The quantitative estimate of drug-likeness (QED) is 0.289. The molecule has 5 aromatic rings. The Kier molecular flexibility index (Phi) is 7.51. The first kappa shape index (κ1) is 28.1. The number of nitrogens with zero attached hydrogens (tertiary/aromatic N) is 5. The van der Waals surface area contributed by atoms with Crippen LogP contribution in [0.1, 0.15) is 42.0 Å². The molecule has 2 aliphatic heterocycles. The zero-order chi connectivity index (χ0) is 30.2. The van der Waals surface area contributed by atoms with Crippen LogP contribution in [0.3, 0.4) is 0 Å². The zero-order valence-corrected chi connectivity index (χ0v) is 24.8. The van der Waals surface area contributed by atoms with Crippen LogP contribution in [0.4, 0.5) is 0 Å². The summed E-state index contributed by atoms with van der Waals surface area (Å²) in [4.78, 5) is 51.2. The van der Waals surface area contributed by atoms with Gasteiger partial charge in [-0.3, -0.25) is 24.2 Å². The van der Waals surface area contributed by atoms with Crippen molar-refractivity contribution in [1.29, 1.82) is 0 Å². The normalized spacial score (nSPS) is 17.6. The predicted octanol–water partition coefficient (Wildman–Crippen LogP) is 4.72. The summed E-state index contributed by atoms with van der Waals surface area (Å²) in [6, 6.07) is 15.5. The number of benzene rings is 2. The van der Waals surface area contributed by atoms with Crippen molar-refractivity contribution >= 4 is 34.3 Å². The molecule has 0 saturated carbocycles. The third-order valence-electron chi connectivity index (χ3n) is 8.95. The van der Waals surface area contributed by atoms with Gasteiger partial charge in [0, 0.05) is 62.6 Å². The number of hydrogen-bond donors (Lipinski definition) is 2. The van der Waals surface area contributed by atoms with Crippen molar-refractivity contribution in [3.05, 3.63) is 106 Å². The number of carbonyl (C=O) groups is 2. The molecule has 0 radical (unpaired) electrons. The van der Waals surface area contributed by atoms with Crippen LogP contribution in [0.25, 0.3) is 22.2 Å². The highest BCUT2D eigenvalue weighted by atomic mass is 35.5. The molecule has 44 heavy (non-hydrogen) atoms. The fourth-order valence-corrected chi connectivity index (χ4v) is 6.89. The molecule has 7 rings (SSSR count). The average molecular weight is 610 g/mol. The van der Waals surface area contributed by atoms with Crippen LogP contribution < -0.4 is 5.69 Å². The van der Waals surface area contributed by atoms with E-state index in [4.69, 9.17) is 11.6 Å². The maximum Gasteiger partial charge on any atom is 0.326 e. The number of piperidine rings is 1. The van der Waals surface area contributed by atoms with Crippen molar-refractivity contribution in [2.24, 2.45) is 5.92 Å². The van der Waals surface area contributed by atoms with Crippen LogP contribution >= 0.6 is 11.6 Å². The average Bonchev–Trinajstić information content (AvgIpc) is 3.68. The summed E-state index contributed by atoms with van der Waals surface area (Å²) >= 11 is 6.60. The van der Waals surface area contributed by atoms with E-state index < -0.39 is 5.92 Å². The van der Waals surface area contributed by atoms with Gasteiger partial charge in [-0.15, -0.1) is 0 Å². The lowest BCUT2D eigenvalue weighted by atomic mass is 9.92. The highest BCUT2D eigenvalue weighted by Gasteiger charge is 2.35. The molecular weight excluding hydrogens is 578 g/mol. The van der Waals surface area contributed by atoms with Gasteiger partial charge < -0.3 is 14.8 Å². The highest BCUT2D eigenvalue weighted by molar-refractivity contribution is 6.35. The smallest absolute Gasteiger partial charge is 0.326 e. The van der Waals surface area contributed by atoms with E-state index in [-0.39, 0.29) is 30.0 Å². The Hall–Kier alpha value is -4.70. The van der Waals surface area contributed by atoms with Crippen LogP contribution in [0, 0.1) is 5.92 Å². The number of pyridine rings is 1. The van der Waals surface area contributed by atoms with Crippen molar-refractivity contribution < 1.29 is 9.59 Å². The van der Waals surface area contributed by atoms with E-state index in [0.29, 0.717) is 50.5 Å². The molecule has 10 nitrogen and oxygen atoms in total. The zero-order valence-electron chi connectivity index (χ0n) is 24.1. The maximum atomic E-state index is 14.0. The van der Waals surface area contributed by atoms with Gasteiger partial charge in [0.2, 0.25) is 11.8 Å². The molecule has 11 heteroatoms. The molecule has 0 bridgehead atoms. The number of likely N-dealkylation sites (tertiary alicyclic amines) is 1. The summed E-state index contributed by atoms with van der Waals surface area (Å²) in [6.07, 6.45) is 8.93. The molecule has 224 valence electrons. The van der Waals surface area contributed by atoms with E-state index >= 15 is 0 Å². The van der Waals surface area contributed by atoms with Crippen molar-refractivity contribution in [3.8, 4) is 11.3 Å². The van der Waals surface area contributed by atoms with E-state index in [1.54, 1.807) is 23.2 Å². The maximum absolute atomic E-state index is 14.0. The third kappa shape index (κ3) is 5.41. The summed E-state index contributed by atoms with van der Waals surface area (Å²) in [5.74, 6) is -0.623. The van der Waals surface area contributed by atoms with Crippen molar-refractivity contribution in [1.82, 2.24) is 34.5 Å². The minimum absolute atomic E-state index is 0.00187. The first-order chi connectivity index (χ1) is 21.4. The Balaban J connectivity index is 1.08. The fraction of sp³-hybridized carbons (Fsp3) is 0.303. The van der Waals surface area contributed by atoms with Crippen LogP contribution in [0.2, 0.25) is 5.02 Å². The van der Waals surface area contributed by atoms with E-state index in [0.717, 1.165) is 38.9 Å². The highest BCUT2D eigenvalue weighted by Crippen LogP contribution is 2.35. The van der Waals surface area contributed by atoms with Crippen molar-refractivity contribution in [2.75, 3.05) is 13.1 Å². The lowest BCUT2D eigenvalue weighted by Gasteiger charge is -2.33. The largest absolute Gasteiger partial charge is 0.343 e. The molecule has 1 atom stereocenters. The lowest BCUT2D eigenvalue weighted by Crippen LogP contribution is -2.42. The minimum Gasteiger partial charge on any atom is -0.343 e. The molecule has 5 heterocycles. The Morgan fingerprint density at radius 1 is 1.05 bits per heavy atom. The Labute approximate surface area is 258 Å². The van der Waals surface area contributed by atoms with Gasteiger partial charge >= 0.3 is 5.69 Å². The molecular formula is C33H32ClN7O3. The SMILES string of the molecule is O=C(C[C@@H]1Cc2cc(Cl)c3[nH]ncc3c2CN(Cc2ccncc2)C1=O)N1CCC(n2cc(-c3ccccc3)[nH]c2=O)CC1. The molecule has 0 spiro atoms. The first-order valence-corrected chi connectivity index (χ1v) is 15.3. The second-order valence-corrected chi connectivity index (χ2v) is 12.1. The number of nitrogens with one attached hydrogen (secondary N) is 2. The number of hydrogen-bond acceptors (Lipinski definition) is 5. The Morgan fingerprint density at radius 2 is 1.82 bits per heavy atom. The van der Waals surface area contributed by atoms with E-state index in [1.165, 1.54) is 0 Å². The summed E-state index contributed by atoms with van der Waals surface area (Å²) < 4.78 is 1.76. The van der Waals surface area contributed by atoms with Gasteiger partial charge in [0.1, 0.15) is 0 Å². The minimum atomic E-state index is -0.524. The van der Waals surface area contributed by atoms with E-state index in [1.807, 2.05) is 64.5 Å². The van der Waals surface area contributed by atoms with Gasteiger partial charge in [0.25, 0.3) is 0 Å². The number of aromatic amines is 2. The second-order valence-electron chi connectivity index (χ2n) is 11.7. The summed E-state index contributed by atoms with van der Waals surface area (Å²) in [5, 5.41) is 8.62. The monoisotopic (exact) mass is 609 g/mol. The van der Waals surface area contributed by atoms with Crippen molar-refractivity contribution in [2.45, 2.75) is 44.8 Å². The van der Waals surface area contributed by atoms with Gasteiger partial charge in [-0.1, -0.05) is 41.9 Å². The fourth-order valence-electron chi connectivity index (χ4n) is 6.61. The Bertz CT molecular complexity index is 1870. The lowest BCUT2D eigenvalue weighted by molar-refractivity contribution is -0.142. The van der Waals surface area contributed by atoms with Gasteiger partial charge in [-0.05, 0) is 59.7 Å². The van der Waals surface area contributed by atoms with Crippen LogP contribution in [-0.2, 0) is 29.1 Å². The number of fused-ring (bicyclic) bond motifs is 3. The molecule has 1 fully saturated rings. The standard InChI is InChI=1S/C33H32ClN7O3/c34-28-15-23-14-24(32(43)40(18-21-6-10-35-11-7-21)19-27(23)26-17-36-38-31(26)28)16-30(42)39-12-8-25(9-13-39)41-20-29(37-33(41)44)22-4-2-1-3-5-22/h1-7,10-11,15,17,20,24-25H,8-9,12-14,16,18-19H2,(H,36,38)(H,37,44)/t24-/m0/s1. The van der Waals surface area contributed by atoms with Gasteiger partial charge in [-0.25, -0.2) is 4.79 Å². The van der Waals surface area contributed by atoms with Gasteiger partial charge in [-0.2, -0.15) is 5.10 Å². The molecule has 2 aliphatic rings. The summed E-state index contributed by atoms with van der Waals surface area (Å²) in [6.45, 7) is 1.87. The number of rotatable bonds is 6. The van der Waals surface area contributed by atoms with Crippen LogP contribution in [0.5, 0.6) is 0 Å². The number of aromatic nitrogens is 5. The third-order valence-corrected chi connectivity index (χ3v) is 9.25. The number of H-pyrrole nitrogens is 2. The molecule has 2 amide bonds. The summed E-state index contributed by atoms with van der Waals surface area (Å²) in [5.41, 5.74) is 5.28. The van der Waals surface area contributed by atoms with E-state index in [2.05, 4.69) is 20.2 Å². The summed E-state index contributed by atoms with van der Waals surface area (Å²) in [7, 11) is 0. The molecule has 2 aromatic carbocycles. The van der Waals surface area contributed by atoms with Gasteiger partial charge in [0.15, 0.2) is 0 Å². The topological polar surface area (TPSA) is 120 Å². The number of imidazole rings is 1. The molecule has 3 aromatic heterocycles. The Morgan fingerprint density at radius 3 is 2.59 bits per heavy atom. The number of amides is 2. The molecule has 0 aliphatic carbocycles.